The molecule has 0 radical (unpaired) electrons. The van der Waals surface area contributed by atoms with Gasteiger partial charge in [0.1, 0.15) is 5.60 Å². The van der Waals surface area contributed by atoms with Gasteiger partial charge in [-0.2, -0.15) is 0 Å². The van der Waals surface area contributed by atoms with Crippen LogP contribution in [0.1, 0.15) is 25.8 Å². The Balaban J connectivity index is 1.90. The lowest BCUT2D eigenvalue weighted by Crippen LogP contribution is -2.69. The van der Waals surface area contributed by atoms with E-state index in [1.165, 1.54) is 11.3 Å². The van der Waals surface area contributed by atoms with E-state index in [-0.39, 0.29) is 16.7 Å². The zero-order valence-corrected chi connectivity index (χ0v) is 13.3. The standard InChI is InChI=1S/C19H22N2O/c1-12-17(3)10-21-9-8-18(13(2)19(12,22)11-21)14-6-4-5-7-15(14)20-16(17)18/h4-7,13,22H,1,8-11H2,2-3H3/t13-,17+,18-,19+/m0/s1. The van der Waals surface area contributed by atoms with E-state index in [9.17, 15) is 5.11 Å². The Kier molecular flexibility index (Phi) is 2.10. The van der Waals surface area contributed by atoms with E-state index in [4.69, 9.17) is 4.99 Å². The lowest BCUT2D eigenvalue weighted by molar-refractivity contribution is -0.0579. The minimum atomic E-state index is -0.806. The minimum Gasteiger partial charge on any atom is -0.384 e. The van der Waals surface area contributed by atoms with Crippen molar-refractivity contribution >= 4 is 11.4 Å². The van der Waals surface area contributed by atoms with E-state index >= 15 is 0 Å². The molecule has 114 valence electrons. The van der Waals surface area contributed by atoms with Gasteiger partial charge in [-0.1, -0.05) is 31.7 Å². The highest BCUT2D eigenvalue weighted by Crippen LogP contribution is 2.64. The molecule has 3 nitrogen and oxygen atoms in total. The third-order valence-electron chi connectivity index (χ3n) is 7.03. The van der Waals surface area contributed by atoms with E-state index in [2.05, 4.69) is 49.6 Å². The molecule has 6 rings (SSSR count). The van der Waals surface area contributed by atoms with Crippen LogP contribution >= 0.6 is 0 Å². The Hall–Kier alpha value is -1.45. The Morgan fingerprint density at radius 3 is 2.91 bits per heavy atom. The summed E-state index contributed by atoms with van der Waals surface area (Å²) >= 11 is 0. The van der Waals surface area contributed by atoms with Crippen LogP contribution in [0.4, 0.5) is 5.69 Å². The third kappa shape index (κ3) is 1.12. The topological polar surface area (TPSA) is 35.8 Å². The van der Waals surface area contributed by atoms with Crippen molar-refractivity contribution in [2.45, 2.75) is 31.3 Å². The quantitative estimate of drug-likeness (QED) is 0.747. The number of hydrogen-bond acceptors (Lipinski definition) is 3. The second-order valence-corrected chi connectivity index (χ2v) is 7.87. The van der Waals surface area contributed by atoms with Gasteiger partial charge in [0.15, 0.2) is 0 Å². The van der Waals surface area contributed by atoms with Crippen molar-refractivity contribution in [1.29, 1.82) is 0 Å². The first-order valence-electron chi connectivity index (χ1n) is 8.27. The summed E-state index contributed by atoms with van der Waals surface area (Å²) in [5.41, 5.74) is 3.52. The number of piperidine rings is 1. The number of nitrogens with zero attached hydrogens (tertiary/aromatic N) is 2. The van der Waals surface area contributed by atoms with Crippen molar-refractivity contribution in [2.75, 3.05) is 19.6 Å². The molecule has 1 saturated carbocycles. The van der Waals surface area contributed by atoms with Gasteiger partial charge in [0.25, 0.3) is 0 Å². The van der Waals surface area contributed by atoms with Crippen LogP contribution < -0.4 is 0 Å². The van der Waals surface area contributed by atoms with Gasteiger partial charge < -0.3 is 5.11 Å². The molecule has 0 amide bonds. The van der Waals surface area contributed by atoms with Crippen LogP contribution in [0.2, 0.25) is 0 Å². The fraction of sp³-hybridized carbons (Fsp3) is 0.526. The van der Waals surface area contributed by atoms with Gasteiger partial charge in [-0.15, -0.1) is 0 Å². The maximum Gasteiger partial charge on any atom is 0.103 e. The van der Waals surface area contributed by atoms with Crippen LogP contribution in [0.15, 0.2) is 41.4 Å². The van der Waals surface area contributed by atoms with Crippen LogP contribution in [0, 0.1) is 11.3 Å². The monoisotopic (exact) mass is 294 g/mol. The molecule has 4 heterocycles. The van der Waals surface area contributed by atoms with Crippen molar-refractivity contribution in [2.24, 2.45) is 16.3 Å². The van der Waals surface area contributed by atoms with Gasteiger partial charge in [-0.3, -0.25) is 9.89 Å². The van der Waals surface area contributed by atoms with E-state index in [0.29, 0.717) is 0 Å². The number of aliphatic imine (C=N–C) groups is 1. The molecule has 1 aromatic rings. The molecule has 4 fully saturated rings. The van der Waals surface area contributed by atoms with Gasteiger partial charge in [0.05, 0.1) is 5.69 Å². The van der Waals surface area contributed by atoms with Gasteiger partial charge in [0.2, 0.25) is 0 Å². The molecule has 1 unspecified atom stereocenters. The van der Waals surface area contributed by atoms with Crippen molar-refractivity contribution in [1.82, 2.24) is 4.90 Å². The summed E-state index contributed by atoms with van der Waals surface area (Å²) in [6.45, 7) is 11.5. The Bertz CT molecular complexity index is 754. The maximum atomic E-state index is 11.6. The zero-order chi connectivity index (χ0) is 15.3. The zero-order valence-electron chi connectivity index (χ0n) is 13.3. The summed E-state index contributed by atoms with van der Waals surface area (Å²) in [7, 11) is 0. The Labute approximate surface area is 131 Å². The number of hydrogen-bond donors (Lipinski definition) is 1. The first kappa shape index (κ1) is 13.0. The lowest BCUT2D eigenvalue weighted by Gasteiger charge is -2.60. The highest BCUT2D eigenvalue weighted by atomic mass is 16.3. The highest BCUT2D eigenvalue weighted by Gasteiger charge is 2.69. The fourth-order valence-electron chi connectivity index (χ4n) is 5.85. The predicted molar refractivity (Wildman–Crippen MR) is 87.6 cm³/mol. The molecule has 3 heteroatoms. The molecule has 22 heavy (non-hydrogen) atoms. The SMILES string of the molecule is C=C1[C@@]2(C)CN3CC[C@]4(C2=Nc2ccccc24)[C@H](C)[C@@]1(O)C3. The molecule has 1 aliphatic carbocycles. The smallest absolute Gasteiger partial charge is 0.103 e. The van der Waals surface area contributed by atoms with E-state index in [1.54, 1.807) is 0 Å². The molecule has 4 bridgehead atoms. The fourth-order valence-corrected chi connectivity index (χ4v) is 5.85. The molecule has 5 aliphatic rings. The van der Waals surface area contributed by atoms with Crippen molar-refractivity contribution < 1.29 is 5.11 Å². The average molecular weight is 294 g/mol. The molecular formula is C19H22N2O. The second kappa shape index (κ2) is 3.55. The summed E-state index contributed by atoms with van der Waals surface area (Å²) in [4.78, 5) is 7.51. The number of benzene rings is 1. The molecular weight excluding hydrogens is 272 g/mol. The summed E-state index contributed by atoms with van der Waals surface area (Å²) in [5, 5.41) is 11.6. The summed E-state index contributed by atoms with van der Waals surface area (Å²) in [5.74, 6) is 0.119. The van der Waals surface area contributed by atoms with Crippen molar-refractivity contribution in [3.05, 3.63) is 42.0 Å². The van der Waals surface area contributed by atoms with Gasteiger partial charge in [-0.05, 0) is 37.1 Å². The van der Waals surface area contributed by atoms with Crippen LogP contribution in [0.3, 0.4) is 0 Å². The molecule has 1 aromatic carbocycles. The van der Waals surface area contributed by atoms with Gasteiger partial charge >= 0.3 is 0 Å². The van der Waals surface area contributed by atoms with Crippen LogP contribution in [0.25, 0.3) is 0 Å². The molecule has 4 aliphatic heterocycles. The minimum absolute atomic E-state index is 0.119. The molecule has 3 saturated heterocycles. The number of fused-ring (bicyclic) bond motifs is 2. The largest absolute Gasteiger partial charge is 0.384 e. The normalized spacial score (nSPS) is 48.0. The first-order valence-corrected chi connectivity index (χ1v) is 8.27. The van der Waals surface area contributed by atoms with E-state index in [0.717, 1.165) is 37.3 Å². The van der Waals surface area contributed by atoms with E-state index in [1.807, 2.05) is 0 Å². The second-order valence-electron chi connectivity index (χ2n) is 7.87. The number of rotatable bonds is 0. The molecule has 0 aromatic heterocycles. The first-order chi connectivity index (χ1) is 10.4. The summed E-state index contributed by atoms with van der Waals surface area (Å²) < 4.78 is 0. The van der Waals surface area contributed by atoms with E-state index < -0.39 is 5.60 Å². The summed E-state index contributed by atoms with van der Waals surface area (Å²) in [6, 6.07) is 8.51. The molecule has 1 spiro atoms. The van der Waals surface area contributed by atoms with Crippen LogP contribution in [-0.4, -0.2) is 41.0 Å². The number of aliphatic hydroxyl groups is 1. The highest BCUT2D eigenvalue weighted by molar-refractivity contribution is 6.09. The van der Waals surface area contributed by atoms with Gasteiger partial charge in [0, 0.05) is 35.5 Å². The van der Waals surface area contributed by atoms with Crippen molar-refractivity contribution in [3.8, 4) is 0 Å². The molecule has 1 N–H and O–H groups in total. The molecule has 5 atom stereocenters. The van der Waals surface area contributed by atoms with Gasteiger partial charge in [-0.25, -0.2) is 0 Å². The summed E-state index contributed by atoms with van der Waals surface area (Å²) in [6.07, 6.45) is 1.05. The average Bonchev–Trinajstić information content (AvgIpc) is 2.75. The van der Waals surface area contributed by atoms with Crippen molar-refractivity contribution in [3.63, 3.8) is 0 Å². The van der Waals surface area contributed by atoms with Crippen LogP contribution in [-0.2, 0) is 5.41 Å². The number of para-hydroxylation sites is 1. The van der Waals surface area contributed by atoms with Crippen LogP contribution in [0.5, 0.6) is 0 Å². The Morgan fingerprint density at radius 1 is 1.32 bits per heavy atom. The maximum absolute atomic E-state index is 11.6. The third-order valence-corrected chi connectivity index (χ3v) is 7.03. The Morgan fingerprint density at radius 2 is 2.09 bits per heavy atom. The lowest BCUT2D eigenvalue weighted by atomic mass is 9.47. The predicted octanol–water partition coefficient (Wildman–Crippen LogP) is 2.67.